The zero-order chi connectivity index (χ0) is 21.4. The largest absolute Gasteiger partial charge is 0.299 e. The third-order valence-electron chi connectivity index (χ3n) is 5.10. The molecule has 0 atom stereocenters. The minimum atomic E-state index is 0.308. The van der Waals surface area contributed by atoms with Crippen molar-refractivity contribution in [3.63, 3.8) is 0 Å². The smallest absolute Gasteiger partial charge is 0.232 e. The Bertz CT molecular complexity index is 754. The normalized spacial score (nSPS) is 11.0. The molecule has 2 rings (SSSR count). The quantitative estimate of drug-likeness (QED) is 0.149. The van der Waals surface area contributed by atoms with Crippen molar-refractivity contribution in [2.24, 2.45) is 10.2 Å². The molecule has 0 aliphatic heterocycles. The molecule has 0 unspecified atom stereocenters. The number of nitrogens with zero attached hydrogens (tertiary/aromatic N) is 2. The van der Waals surface area contributed by atoms with Gasteiger partial charge in [-0.05, 0) is 73.3 Å². The van der Waals surface area contributed by atoms with Crippen LogP contribution in [0, 0.1) is 0 Å². The SMILES string of the molecule is CCCCCCc1ccc(N=NC(=S)NNc2ccc(CCCCCC)cc2)cc1. The molecule has 5 heteroatoms. The maximum absolute atomic E-state index is 5.23. The number of hydrogen-bond donors (Lipinski definition) is 2. The summed E-state index contributed by atoms with van der Waals surface area (Å²) in [5.74, 6) is 0. The molecular formula is C25H36N4S. The standard InChI is InChI=1S/C25H36N4S/c1-3-5-7-9-11-21-13-17-23(18-14-21)26-28-25(30)29-27-24-19-15-22(16-20-24)12-10-8-6-4-2/h13-20,26H,3-12H2,1-2H3,(H,28,30). The summed E-state index contributed by atoms with van der Waals surface area (Å²) in [7, 11) is 0. The van der Waals surface area contributed by atoms with Crippen molar-refractivity contribution >= 4 is 28.7 Å². The Labute approximate surface area is 187 Å². The zero-order valence-corrected chi connectivity index (χ0v) is 19.3. The Hall–Kier alpha value is -2.27. The van der Waals surface area contributed by atoms with E-state index in [0.29, 0.717) is 5.11 Å². The number of nitrogens with one attached hydrogen (secondary N) is 2. The fraction of sp³-hybridized carbons (Fsp3) is 0.480. The van der Waals surface area contributed by atoms with E-state index >= 15 is 0 Å². The number of rotatable bonds is 13. The van der Waals surface area contributed by atoms with Crippen LogP contribution < -0.4 is 10.9 Å². The molecule has 162 valence electrons. The highest BCUT2D eigenvalue weighted by molar-refractivity contribution is 7.80. The first-order valence-electron chi connectivity index (χ1n) is 11.4. The molecule has 0 aliphatic carbocycles. The van der Waals surface area contributed by atoms with Crippen LogP contribution in [0.4, 0.5) is 11.4 Å². The van der Waals surface area contributed by atoms with Gasteiger partial charge in [0.05, 0.1) is 11.4 Å². The van der Waals surface area contributed by atoms with E-state index in [-0.39, 0.29) is 0 Å². The first-order chi connectivity index (χ1) is 14.7. The summed E-state index contributed by atoms with van der Waals surface area (Å²) in [6.07, 6.45) is 12.5. The fourth-order valence-electron chi connectivity index (χ4n) is 3.25. The van der Waals surface area contributed by atoms with Crippen molar-refractivity contribution < 1.29 is 0 Å². The predicted octanol–water partition coefficient (Wildman–Crippen LogP) is 7.92. The van der Waals surface area contributed by atoms with Crippen molar-refractivity contribution in [1.29, 1.82) is 0 Å². The van der Waals surface area contributed by atoms with Gasteiger partial charge in [0.1, 0.15) is 0 Å². The molecule has 30 heavy (non-hydrogen) atoms. The Morgan fingerprint density at radius 2 is 1.27 bits per heavy atom. The number of aryl methyl sites for hydroxylation is 2. The first kappa shape index (κ1) is 24.0. The highest BCUT2D eigenvalue weighted by atomic mass is 32.1. The van der Waals surface area contributed by atoms with Gasteiger partial charge in [0.25, 0.3) is 0 Å². The monoisotopic (exact) mass is 424 g/mol. The van der Waals surface area contributed by atoms with Gasteiger partial charge < -0.3 is 0 Å². The average Bonchev–Trinajstić information content (AvgIpc) is 2.78. The molecule has 0 saturated carbocycles. The van der Waals surface area contributed by atoms with Gasteiger partial charge in [-0.15, -0.1) is 10.2 Å². The van der Waals surface area contributed by atoms with Crippen LogP contribution in [0.1, 0.15) is 76.3 Å². The van der Waals surface area contributed by atoms with Gasteiger partial charge in [0, 0.05) is 0 Å². The Kier molecular flexibility index (Phi) is 11.7. The molecule has 0 aromatic heterocycles. The Morgan fingerprint density at radius 3 is 1.80 bits per heavy atom. The molecular weight excluding hydrogens is 388 g/mol. The van der Waals surface area contributed by atoms with Gasteiger partial charge in [-0.3, -0.25) is 10.9 Å². The molecule has 4 nitrogen and oxygen atoms in total. The number of benzene rings is 2. The molecule has 2 aromatic carbocycles. The third-order valence-corrected chi connectivity index (χ3v) is 5.28. The number of hydrogen-bond acceptors (Lipinski definition) is 3. The maximum Gasteiger partial charge on any atom is 0.232 e. The minimum absolute atomic E-state index is 0.308. The predicted molar refractivity (Wildman–Crippen MR) is 132 cm³/mol. The first-order valence-corrected chi connectivity index (χ1v) is 11.8. The lowest BCUT2D eigenvalue weighted by atomic mass is 10.1. The summed E-state index contributed by atoms with van der Waals surface area (Å²) in [4.78, 5) is 0. The molecule has 0 fully saturated rings. The molecule has 2 aromatic rings. The van der Waals surface area contributed by atoms with Crippen LogP contribution in [0.25, 0.3) is 0 Å². The molecule has 0 radical (unpaired) electrons. The molecule has 0 aliphatic rings. The van der Waals surface area contributed by atoms with E-state index in [1.165, 1.54) is 62.5 Å². The van der Waals surface area contributed by atoms with Gasteiger partial charge in [-0.25, -0.2) is 0 Å². The van der Waals surface area contributed by atoms with Crippen LogP contribution >= 0.6 is 12.2 Å². The summed E-state index contributed by atoms with van der Waals surface area (Å²) in [6, 6.07) is 16.7. The van der Waals surface area contributed by atoms with Crippen LogP contribution in [0.5, 0.6) is 0 Å². The van der Waals surface area contributed by atoms with Crippen LogP contribution in [-0.4, -0.2) is 5.11 Å². The van der Waals surface area contributed by atoms with E-state index in [1.54, 1.807) is 0 Å². The van der Waals surface area contributed by atoms with E-state index in [9.17, 15) is 0 Å². The second-order valence-electron chi connectivity index (χ2n) is 7.74. The molecule has 2 N–H and O–H groups in total. The summed E-state index contributed by atoms with van der Waals surface area (Å²) in [5.41, 5.74) is 10.5. The summed E-state index contributed by atoms with van der Waals surface area (Å²) >= 11 is 5.23. The van der Waals surface area contributed by atoms with Crippen LogP contribution in [0.3, 0.4) is 0 Å². The van der Waals surface area contributed by atoms with E-state index in [2.05, 4.69) is 71.3 Å². The van der Waals surface area contributed by atoms with E-state index in [4.69, 9.17) is 12.2 Å². The van der Waals surface area contributed by atoms with Crippen molar-refractivity contribution in [3.8, 4) is 0 Å². The van der Waals surface area contributed by atoms with Gasteiger partial charge in [0.15, 0.2) is 0 Å². The number of unbranched alkanes of at least 4 members (excludes halogenated alkanes) is 6. The van der Waals surface area contributed by atoms with Crippen molar-refractivity contribution in [2.45, 2.75) is 78.1 Å². The highest BCUT2D eigenvalue weighted by Crippen LogP contribution is 2.16. The number of azo groups is 1. The summed E-state index contributed by atoms with van der Waals surface area (Å²) in [6.45, 7) is 4.48. The third kappa shape index (κ3) is 9.97. The lowest BCUT2D eigenvalue weighted by Crippen LogP contribution is -2.25. The van der Waals surface area contributed by atoms with E-state index < -0.39 is 0 Å². The van der Waals surface area contributed by atoms with Gasteiger partial charge in [-0.2, -0.15) is 0 Å². The topological polar surface area (TPSA) is 48.8 Å². The molecule has 0 bridgehead atoms. The maximum atomic E-state index is 5.23. The minimum Gasteiger partial charge on any atom is -0.299 e. The Balaban J connectivity index is 1.70. The average molecular weight is 425 g/mol. The van der Waals surface area contributed by atoms with Gasteiger partial charge in [0.2, 0.25) is 5.11 Å². The van der Waals surface area contributed by atoms with E-state index in [1.807, 2.05) is 12.1 Å². The van der Waals surface area contributed by atoms with Crippen molar-refractivity contribution in [1.82, 2.24) is 5.43 Å². The summed E-state index contributed by atoms with van der Waals surface area (Å²) in [5, 5.41) is 8.61. The lowest BCUT2D eigenvalue weighted by molar-refractivity contribution is 0.667. The lowest BCUT2D eigenvalue weighted by Gasteiger charge is -2.08. The zero-order valence-electron chi connectivity index (χ0n) is 18.5. The van der Waals surface area contributed by atoms with E-state index in [0.717, 1.165) is 24.2 Å². The van der Waals surface area contributed by atoms with Crippen LogP contribution in [0.15, 0.2) is 58.8 Å². The van der Waals surface area contributed by atoms with Crippen molar-refractivity contribution in [2.75, 3.05) is 5.43 Å². The Morgan fingerprint density at radius 1 is 0.733 bits per heavy atom. The second-order valence-corrected chi connectivity index (χ2v) is 8.13. The van der Waals surface area contributed by atoms with Gasteiger partial charge >= 0.3 is 0 Å². The highest BCUT2D eigenvalue weighted by Gasteiger charge is 1.98. The van der Waals surface area contributed by atoms with Crippen LogP contribution in [0.2, 0.25) is 0 Å². The fourth-order valence-corrected chi connectivity index (χ4v) is 3.34. The number of anilines is 1. The molecule has 0 spiro atoms. The summed E-state index contributed by atoms with van der Waals surface area (Å²) < 4.78 is 0. The number of hydrazine groups is 1. The molecule has 0 amide bonds. The second kappa shape index (κ2) is 14.7. The van der Waals surface area contributed by atoms with Gasteiger partial charge in [-0.1, -0.05) is 76.6 Å². The van der Waals surface area contributed by atoms with Crippen LogP contribution in [-0.2, 0) is 12.8 Å². The number of thiocarbonyl (C=S) groups is 1. The molecule has 0 heterocycles. The molecule has 0 saturated heterocycles. The van der Waals surface area contributed by atoms with Crippen molar-refractivity contribution in [3.05, 3.63) is 59.7 Å².